The van der Waals surface area contributed by atoms with Gasteiger partial charge in [0.15, 0.2) is 0 Å². The molecule has 2 N–H and O–H groups in total. The number of hydrogen-bond donors (Lipinski definition) is 1. The third kappa shape index (κ3) is 2.87. The minimum Gasteiger partial charge on any atom is -0.399 e. The summed E-state index contributed by atoms with van der Waals surface area (Å²) < 4.78 is 5.74. The number of carbonyl (C=O) groups is 1. The highest BCUT2D eigenvalue weighted by molar-refractivity contribution is 6.30. The van der Waals surface area contributed by atoms with Crippen LogP contribution in [0.5, 0.6) is 0 Å². The Kier molecular flexibility index (Phi) is 4.41. The smallest absolute Gasteiger partial charge is 0.258 e. The van der Waals surface area contributed by atoms with Crippen LogP contribution in [0.1, 0.15) is 40.7 Å². The maximum atomic E-state index is 13.4. The molecule has 1 fully saturated rings. The first-order valence-corrected chi connectivity index (χ1v) is 9.44. The number of nitrogens with zero attached hydrogens (tertiary/aromatic N) is 1. The molecule has 1 spiro atoms. The van der Waals surface area contributed by atoms with Crippen LogP contribution in [-0.4, -0.2) is 25.7 Å². The van der Waals surface area contributed by atoms with E-state index in [2.05, 4.69) is 0 Å². The normalized spacial score (nSPS) is 22.3. The van der Waals surface area contributed by atoms with E-state index in [4.69, 9.17) is 22.1 Å². The molecule has 0 saturated carbocycles. The van der Waals surface area contributed by atoms with Gasteiger partial charge in [0, 0.05) is 40.5 Å². The van der Waals surface area contributed by atoms with E-state index in [1.54, 1.807) is 6.07 Å². The van der Waals surface area contributed by atoms with Crippen molar-refractivity contribution >= 4 is 28.9 Å². The fourth-order valence-electron chi connectivity index (χ4n) is 4.30. The number of benzene rings is 2. The number of aryl methyl sites for hydroxylation is 1. The lowest BCUT2D eigenvalue weighted by Gasteiger charge is -2.30. The predicted octanol–water partition coefficient (Wildman–Crippen LogP) is 4.33. The van der Waals surface area contributed by atoms with E-state index in [0.29, 0.717) is 29.4 Å². The second-order valence-electron chi connectivity index (χ2n) is 7.38. The molecule has 26 heavy (non-hydrogen) atoms. The van der Waals surface area contributed by atoms with Crippen molar-refractivity contribution in [1.29, 1.82) is 0 Å². The average molecular weight is 371 g/mol. The number of amides is 1. The van der Waals surface area contributed by atoms with Crippen molar-refractivity contribution < 1.29 is 9.53 Å². The van der Waals surface area contributed by atoms with Crippen molar-refractivity contribution in [1.82, 2.24) is 0 Å². The number of halogens is 1. The number of rotatable bonds is 1. The van der Waals surface area contributed by atoms with Gasteiger partial charge in [0.25, 0.3) is 5.91 Å². The van der Waals surface area contributed by atoms with Crippen molar-refractivity contribution in [3.8, 4) is 0 Å². The highest BCUT2D eigenvalue weighted by atomic mass is 35.5. The molecule has 1 saturated heterocycles. The minimum atomic E-state index is -0.0363. The van der Waals surface area contributed by atoms with E-state index in [0.717, 1.165) is 42.7 Å². The van der Waals surface area contributed by atoms with Crippen LogP contribution in [0.3, 0.4) is 0 Å². The number of nitrogens with two attached hydrogens (primary N) is 1. The van der Waals surface area contributed by atoms with Crippen LogP contribution in [0.15, 0.2) is 36.4 Å². The first kappa shape index (κ1) is 17.4. The molecule has 2 aliphatic rings. The number of hydrogen-bond acceptors (Lipinski definition) is 3. The molecule has 1 amide bonds. The van der Waals surface area contributed by atoms with E-state index in [1.807, 2.05) is 42.2 Å². The van der Waals surface area contributed by atoms with Gasteiger partial charge >= 0.3 is 0 Å². The van der Waals surface area contributed by atoms with Gasteiger partial charge in [0.05, 0.1) is 6.61 Å². The summed E-state index contributed by atoms with van der Waals surface area (Å²) in [6, 6.07) is 11.3. The molecule has 2 aromatic carbocycles. The highest BCUT2D eigenvalue weighted by Crippen LogP contribution is 2.45. The summed E-state index contributed by atoms with van der Waals surface area (Å²) in [6.45, 7) is 4.08. The summed E-state index contributed by atoms with van der Waals surface area (Å²) >= 11 is 6.32. The molecule has 136 valence electrons. The molecule has 2 aromatic rings. The molecule has 0 aromatic heterocycles. The molecule has 0 radical (unpaired) electrons. The zero-order valence-electron chi connectivity index (χ0n) is 14.9. The van der Waals surface area contributed by atoms with E-state index in [-0.39, 0.29) is 11.3 Å². The molecular weight excluding hydrogens is 348 g/mol. The summed E-state index contributed by atoms with van der Waals surface area (Å²) in [5, 5.41) is 0.702. The Labute approximate surface area is 158 Å². The molecule has 2 aliphatic heterocycles. The Bertz CT molecular complexity index is 859. The molecule has 0 bridgehead atoms. The maximum Gasteiger partial charge on any atom is 0.258 e. The predicted molar refractivity (Wildman–Crippen MR) is 105 cm³/mol. The maximum absolute atomic E-state index is 13.4. The monoisotopic (exact) mass is 370 g/mol. The van der Waals surface area contributed by atoms with Gasteiger partial charge in [-0.05, 0) is 73.7 Å². The van der Waals surface area contributed by atoms with Crippen LogP contribution < -0.4 is 10.6 Å². The minimum absolute atomic E-state index is 0.0158. The molecule has 2 heterocycles. The summed E-state index contributed by atoms with van der Waals surface area (Å²) in [5.41, 5.74) is 10.2. The van der Waals surface area contributed by atoms with Gasteiger partial charge in [-0.1, -0.05) is 11.6 Å². The van der Waals surface area contributed by atoms with Gasteiger partial charge in [0.1, 0.15) is 0 Å². The van der Waals surface area contributed by atoms with Crippen molar-refractivity contribution in [3.05, 3.63) is 58.1 Å². The van der Waals surface area contributed by atoms with E-state index in [9.17, 15) is 4.79 Å². The quantitative estimate of drug-likeness (QED) is 0.760. The summed E-state index contributed by atoms with van der Waals surface area (Å²) in [6.07, 6.45) is 2.92. The first-order valence-electron chi connectivity index (χ1n) is 9.06. The van der Waals surface area contributed by atoms with Gasteiger partial charge in [-0.3, -0.25) is 4.79 Å². The van der Waals surface area contributed by atoms with Crippen molar-refractivity contribution in [2.75, 3.05) is 30.4 Å². The lowest BCUT2D eigenvalue weighted by molar-refractivity contribution is 0.0986. The summed E-state index contributed by atoms with van der Waals surface area (Å²) in [7, 11) is 0. The van der Waals surface area contributed by atoms with Crippen molar-refractivity contribution in [2.24, 2.45) is 0 Å². The van der Waals surface area contributed by atoms with Crippen LogP contribution in [0.25, 0.3) is 0 Å². The lowest BCUT2D eigenvalue weighted by Crippen LogP contribution is -2.32. The number of anilines is 2. The number of nitrogen functional groups attached to an aromatic ring is 1. The molecule has 4 rings (SSSR count). The van der Waals surface area contributed by atoms with Gasteiger partial charge in [0.2, 0.25) is 0 Å². The summed E-state index contributed by atoms with van der Waals surface area (Å²) in [4.78, 5) is 15.3. The van der Waals surface area contributed by atoms with Crippen LogP contribution >= 0.6 is 11.6 Å². The molecular formula is C21H23ClN2O2. The Morgan fingerprint density at radius 2 is 2.08 bits per heavy atom. The van der Waals surface area contributed by atoms with Crippen LogP contribution in [0.4, 0.5) is 11.4 Å². The highest BCUT2D eigenvalue weighted by Gasteiger charge is 2.41. The Morgan fingerprint density at radius 1 is 1.23 bits per heavy atom. The SMILES string of the molecule is Cc1cc(N)ccc1C(=O)N1CCCC2(CCOC2)c2cc(Cl)ccc21. The number of fused-ring (bicyclic) bond motifs is 2. The van der Waals surface area contributed by atoms with Crippen molar-refractivity contribution in [2.45, 2.75) is 31.6 Å². The fourth-order valence-corrected chi connectivity index (χ4v) is 4.47. The number of ether oxygens (including phenoxy) is 1. The van der Waals surface area contributed by atoms with E-state index >= 15 is 0 Å². The Morgan fingerprint density at radius 3 is 2.81 bits per heavy atom. The summed E-state index contributed by atoms with van der Waals surface area (Å²) in [5.74, 6) is 0.0158. The third-order valence-electron chi connectivity index (χ3n) is 5.69. The topological polar surface area (TPSA) is 55.6 Å². The Balaban J connectivity index is 1.80. The molecule has 4 nitrogen and oxygen atoms in total. The average Bonchev–Trinajstić information content (AvgIpc) is 3.02. The zero-order chi connectivity index (χ0) is 18.3. The largest absolute Gasteiger partial charge is 0.399 e. The first-order chi connectivity index (χ1) is 12.5. The number of carbonyl (C=O) groups excluding carboxylic acids is 1. The van der Waals surface area contributed by atoms with E-state index in [1.165, 1.54) is 0 Å². The molecule has 0 aliphatic carbocycles. The Hall–Kier alpha value is -2.04. The standard InChI is InChI=1S/C21H23ClN2O2/c1-14-11-16(23)4-5-17(14)20(25)24-9-2-7-21(8-10-26-13-21)18-12-15(22)3-6-19(18)24/h3-6,11-12H,2,7-10,13,23H2,1H3. The van der Waals surface area contributed by atoms with Gasteiger partial charge in [-0.15, -0.1) is 0 Å². The van der Waals surface area contributed by atoms with Crippen LogP contribution in [0.2, 0.25) is 5.02 Å². The van der Waals surface area contributed by atoms with Crippen LogP contribution in [-0.2, 0) is 10.2 Å². The second-order valence-corrected chi connectivity index (χ2v) is 7.82. The fraction of sp³-hybridized carbons (Fsp3) is 0.381. The second kappa shape index (κ2) is 6.60. The lowest BCUT2D eigenvalue weighted by atomic mass is 9.76. The molecule has 5 heteroatoms. The van der Waals surface area contributed by atoms with Crippen molar-refractivity contribution in [3.63, 3.8) is 0 Å². The zero-order valence-corrected chi connectivity index (χ0v) is 15.7. The molecule has 1 unspecified atom stereocenters. The van der Waals surface area contributed by atoms with E-state index < -0.39 is 0 Å². The van der Waals surface area contributed by atoms with Gasteiger partial charge in [-0.2, -0.15) is 0 Å². The molecule has 1 atom stereocenters. The van der Waals surface area contributed by atoms with Crippen LogP contribution in [0, 0.1) is 6.92 Å². The van der Waals surface area contributed by atoms with Gasteiger partial charge in [-0.25, -0.2) is 0 Å². The van der Waals surface area contributed by atoms with Gasteiger partial charge < -0.3 is 15.4 Å². The third-order valence-corrected chi connectivity index (χ3v) is 5.92.